The van der Waals surface area contributed by atoms with Crippen LogP contribution in [0.25, 0.3) is 0 Å². The Labute approximate surface area is 180 Å². The quantitative estimate of drug-likeness (QED) is 0.569. The minimum Gasteiger partial charge on any atom is -0.504 e. The first-order valence-corrected chi connectivity index (χ1v) is 12.2. The van der Waals surface area contributed by atoms with Gasteiger partial charge in [0.1, 0.15) is 10.7 Å². The molecule has 3 N–H and O–H groups in total. The number of fused-ring (bicyclic) bond motifs is 1. The highest BCUT2D eigenvalue weighted by Gasteiger charge is 2.34. The molecule has 0 radical (unpaired) electrons. The molecule has 2 amide bonds. The molecule has 1 atom stereocenters. The SMILES string of the molecule is O=C(Nc1ccc(Cl)c(S(=O)(=O)C2CCCCC2)c1O)NC1CCCc2ccoc21. The molecule has 1 aromatic heterocycles. The number of halogens is 1. The number of benzene rings is 1. The van der Waals surface area contributed by atoms with Crippen LogP contribution in [-0.4, -0.2) is 24.8 Å². The summed E-state index contributed by atoms with van der Waals surface area (Å²) in [4.78, 5) is 12.2. The smallest absolute Gasteiger partial charge is 0.319 e. The van der Waals surface area contributed by atoms with Crippen molar-refractivity contribution in [3.63, 3.8) is 0 Å². The number of rotatable bonds is 4. The standard InChI is InChI=1S/C21H25ClN2O5S/c22-15-9-10-16(18(25)20(15)30(27,28)14-6-2-1-3-7-14)23-21(26)24-17-8-4-5-13-11-12-29-19(13)17/h9-12,14,17,25H,1-8H2,(H2,23,24,26). The molecule has 1 saturated carbocycles. The first kappa shape index (κ1) is 21.1. The minimum atomic E-state index is -3.81. The molecule has 1 aromatic carbocycles. The number of phenolic OH excluding ortho intramolecular Hbond substituents is 1. The van der Waals surface area contributed by atoms with E-state index in [2.05, 4.69) is 10.6 Å². The van der Waals surface area contributed by atoms with Crippen molar-refractivity contribution in [1.82, 2.24) is 5.32 Å². The summed E-state index contributed by atoms with van der Waals surface area (Å²) in [6.45, 7) is 0. The molecule has 4 rings (SSSR count). The van der Waals surface area contributed by atoms with Gasteiger partial charge in [0, 0.05) is 0 Å². The first-order chi connectivity index (χ1) is 14.4. The van der Waals surface area contributed by atoms with E-state index in [1.54, 1.807) is 6.26 Å². The number of aromatic hydroxyl groups is 1. The van der Waals surface area contributed by atoms with Gasteiger partial charge in [-0.3, -0.25) is 0 Å². The maximum atomic E-state index is 13.1. The predicted molar refractivity (Wildman–Crippen MR) is 114 cm³/mol. The van der Waals surface area contributed by atoms with Gasteiger partial charge in [0.25, 0.3) is 0 Å². The Morgan fingerprint density at radius 2 is 1.87 bits per heavy atom. The molecule has 162 valence electrons. The number of carbonyl (C=O) groups is 1. The number of anilines is 1. The lowest BCUT2D eigenvalue weighted by atomic mass is 9.94. The number of urea groups is 1. The first-order valence-electron chi connectivity index (χ1n) is 10.3. The van der Waals surface area contributed by atoms with Crippen molar-refractivity contribution in [2.45, 2.75) is 67.6 Å². The maximum Gasteiger partial charge on any atom is 0.319 e. The Morgan fingerprint density at radius 3 is 2.63 bits per heavy atom. The van der Waals surface area contributed by atoms with E-state index in [0.717, 1.165) is 49.8 Å². The Bertz CT molecular complexity index is 1040. The largest absolute Gasteiger partial charge is 0.504 e. The summed E-state index contributed by atoms with van der Waals surface area (Å²) >= 11 is 6.16. The zero-order valence-corrected chi connectivity index (χ0v) is 18.1. The number of nitrogens with one attached hydrogen (secondary N) is 2. The second kappa shape index (κ2) is 8.51. The van der Waals surface area contributed by atoms with Crippen molar-refractivity contribution < 1.29 is 22.7 Å². The van der Waals surface area contributed by atoms with E-state index < -0.39 is 26.9 Å². The van der Waals surface area contributed by atoms with Crippen LogP contribution in [0.15, 0.2) is 33.8 Å². The fraction of sp³-hybridized carbons (Fsp3) is 0.476. The Morgan fingerprint density at radius 1 is 1.10 bits per heavy atom. The van der Waals surface area contributed by atoms with Crippen LogP contribution < -0.4 is 10.6 Å². The summed E-state index contributed by atoms with van der Waals surface area (Å²) in [5.41, 5.74) is 1.07. The molecule has 30 heavy (non-hydrogen) atoms. The zero-order valence-electron chi connectivity index (χ0n) is 16.5. The van der Waals surface area contributed by atoms with Crippen LogP contribution in [0.1, 0.15) is 62.3 Å². The van der Waals surface area contributed by atoms with E-state index in [0.29, 0.717) is 12.8 Å². The van der Waals surface area contributed by atoms with Gasteiger partial charge in [-0.25, -0.2) is 13.2 Å². The van der Waals surface area contributed by atoms with Gasteiger partial charge >= 0.3 is 6.03 Å². The molecule has 2 aliphatic carbocycles. The van der Waals surface area contributed by atoms with Crippen molar-refractivity contribution >= 4 is 33.2 Å². The van der Waals surface area contributed by atoms with Crippen LogP contribution in [0.4, 0.5) is 10.5 Å². The number of aryl methyl sites for hydroxylation is 1. The van der Waals surface area contributed by atoms with Crippen molar-refractivity contribution in [2.24, 2.45) is 0 Å². The van der Waals surface area contributed by atoms with Gasteiger partial charge in [-0.1, -0.05) is 30.9 Å². The summed E-state index contributed by atoms with van der Waals surface area (Å²) in [6.07, 6.45) is 7.94. The van der Waals surface area contributed by atoms with E-state index in [1.807, 2.05) is 6.07 Å². The molecule has 1 heterocycles. The number of phenols is 1. The molecular weight excluding hydrogens is 428 g/mol. The van der Waals surface area contributed by atoms with E-state index in [-0.39, 0.29) is 21.6 Å². The highest BCUT2D eigenvalue weighted by atomic mass is 35.5. The highest BCUT2D eigenvalue weighted by Crippen LogP contribution is 2.41. The van der Waals surface area contributed by atoms with Crippen LogP contribution in [0.3, 0.4) is 0 Å². The average Bonchev–Trinajstić information content (AvgIpc) is 3.21. The normalized spacial score (nSPS) is 19.8. The molecule has 7 nitrogen and oxygen atoms in total. The number of amides is 2. The number of sulfone groups is 1. The molecule has 0 spiro atoms. The summed E-state index contributed by atoms with van der Waals surface area (Å²) in [5, 5.41) is 15.5. The van der Waals surface area contributed by atoms with Gasteiger partial charge in [-0.2, -0.15) is 0 Å². The van der Waals surface area contributed by atoms with E-state index in [9.17, 15) is 18.3 Å². The van der Waals surface area contributed by atoms with Crippen LogP contribution in [-0.2, 0) is 16.3 Å². The molecule has 9 heteroatoms. The molecule has 1 fully saturated rings. The van der Waals surface area contributed by atoms with Gasteiger partial charge in [0.2, 0.25) is 0 Å². The Hall–Kier alpha value is -2.19. The lowest BCUT2D eigenvalue weighted by Gasteiger charge is -2.24. The number of hydrogen-bond donors (Lipinski definition) is 3. The third kappa shape index (κ3) is 4.03. The van der Waals surface area contributed by atoms with E-state index >= 15 is 0 Å². The number of hydrogen-bond acceptors (Lipinski definition) is 5. The lowest BCUT2D eigenvalue weighted by Crippen LogP contribution is -2.34. The third-order valence-electron chi connectivity index (χ3n) is 5.95. The fourth-order valence-electron chi connectivity index (χ4n) is 4.40. The van der Waals surface area contributed by atoms with Crippen LogP contribution in [0, 0.1) is 0 Å². The summed E-state index contributed by atoms with van der Waals surface area (Å²) in [6, 6.07) is 3.86. The highest BCUT2D eigenvalue weighted by molar-refractivity contribution is 7.92. The maximum absolute atomic E-state index is 13.1. The van der Waals surface area contributed by atoms with Crippen LogP contribution in [0.5, 0.6) is 5.75 Å². The molecule has 0 aliphatic heterocycles. The van der Waals surface area contributed by atoms with E-state index in [4.69, 9.17) is 16.0 Å². The molecule has 0 saturated heterocycles. The van der Waals surface area contributed by atoms with Crippen molar-refractivity contribution in [1.29, 1.82) is 0 Å². The molecule has 1 unspecified atom stereocenters. The molecule has 0 bridgehead atoms. The summed E-state index contributed by atoms with van der Waals surface area (Å²) in [7, 11) is -3.81. The predicted octanol–water partition coefficient (Wildman–Crippen LogP) is 4.94. The van der Waals surface area contributed by atoms with Crippen molar-refractivity contribution in [3.8, 4) is 5.75 Å². The summed E-state index contributed by atoms with van der Waals surface area (Å²) in [5.74, 6) is 0.211. The topological polar surface area (TPSA) is 109 Å². The lowest BCUT2D eigenvalue weighted by molar-refractivity contribution is 0.244. The zero-order chi connectivity index (χ0) is 21.3. The fourth-order valence-corrected chi connectivity index (χ4v) is 6.88. The Kier molecular flexibility index (Phi) is 5.97. The van der Waals surface area contributed by atoms with Crippen LogP contribution in [0.2, 0.25) is 5.02 Å². The molecular formula is C21H25ClN2O5S. The van der Waals surface area contributed by atoms with Gasteiger partial charge in [-0.05, 0) is 55.9 Å². The molecule has 2 aromatic rings. The minimum absolute atomic E-state index is 0.00163. The van der Waals surface area contributed by atoms with Gasteiger partial charge < -0.3 is 20.2 Å². The second-order valence-corrected chi connectivity index (χ2v) is 10.5. The van der Waals surface area contributed by atoms with Gasteiger partial charge in [-0.15, -0.1) is 0 Å². The number of furan rings is 1. The molecule has 2 aliphatic rings. The van der Waals surface area contributed by atoms with Crippen LogP contribution >= 0.6 is 11.6 Å². The van der Waals surface area contributed by atoms with E-state index in [1.165, 1.54) is 12.1 Å². The monoisotopic (exact) mass is 452 g/mol. The average molecular weight is 453 g/mol. The third-order valence-corrected chi connectivity index (χ3v) is 8.71. The Balaban J connectivity index is 1.54. The second-order valence-electron chi connectivity index (χ2n) is 7.93. The number of carbonyl (C=O) groups excluding carboxylic acids is 1. The van der Waals surface area contributed by atoms with Gasteiger partial charge in [0.05, 0.1) is 28.3 Å². The van der Waals surface area contributed by atoms with Gasteiger partial charge in [0.15, 0.2) is 15.6 Å². The van der Waals surface area contributed by atoms with Crippen molar-refractivity contribution in [2.75, 3.05) is 5.32 Å². The summed E-state index contributed by atoms with van der Waals surface area (Å²) < 4.78 is 31.7. The van der Waals surface area contributed by atoms with Crippen molar-refractivity contribution in [3.05, 3.63) is 40.8 Å².